The minimum absolute atomic E-state index is 1.15. The second-order valence-electron chi connectivity index (χ2n) is 37.4. The van der Waals surface area contributed by atoms with Crippen molar-refractivity contribution < 1.29 is 0 Å². The van der Waals surface area contributed by atoms with Gasteiger partial charge >= 0.3 is 0 Å². The van der Waals surface area contributed by atoms with Gasteiger partial charge in [0.1, 0.15) is 0 Å². The molecule has 0 radical (unpaired) electrons. The average Bonchev–Trinajstić information content (AvgIpc) is 1.58. The summed E-state index contributed by atoms with van der Waals surface area (Å²) in [5, 5.41) is 15.1. The molecule has 6 nitrogen and oxygen atoms in total. The van der Waals surface area contributed by atoms with E-state index in [-0.39, 0.29) is 0 Å². The predicted molar refractivity (Wildman–Crippen MR) is 609 cm³/mol. The highest BCUT2D eigenvalue weighted by Crippen LogP contribution is 2.47. The molecule has 0 saturated carbocycles. The first kappa shape index (κ1) is 84.2. The maximum absolute atomic E-state index is 2.42. The van der Waals surface area contributed by atoms with Crippen molar-refractivity contribution in [2.75, 3.05) is 0 Å². The number of hydrogen-bond donors (Lipinski definition) is 0. The van der Waals surface area contributed by atoms with E-state index in [2.05, 4.69) is 586 Å². The molecule has 6 heterocycles. The summed E-state index contributed by atoms with van der Waals surface area (Å²) in [7, 11) is 0. The Morgan fingerprint density at radius 1 is 0.0764 bits per heavy atom. The van der Waals surface area contributed by atoms with Crippen LogP contribution in [0.3, 0.4) is 0 Å². The van der Waals surface area contributed by atoms with Crippen LogP contribution in [0.5, 0.6) is 0 Å². The van der Waals surface area contributed by atoms with Crippen molar-refractivity contribution in [2.24, 2.45) is 0 Å². The lowest BCUT2D eigenvalue weighted by Crippen LogP contribution is -1.94. The Kier molecular flexibility index (Phi) is 20.9. The zero-order valence-electron chi connectivity index (χ0n) is 78.8. The maximum Gasteiger partial charge on any atom is 0.0547 e. The lowest BCUT2D eigenvalue weighted by Gasteiger charge is -2.11. The van der Waals surface area contributed by atoms with E-state index >= 15 is 0 Å². The average molecular weight is 1830 g/mol. The number of hydrogen-bond acceptors (Lipinski definition) is 0. The Morgan fingerprint density at radius 2 is 0.236 bits per heavy atom. The summed E-state index contributed by atoms with van der Waals surface area (Å²) in [6, 6.07) is 202. The monoisotopic (exact) mass is 1830 g/mol. The van der Waals surface area contributed by atoms with Gasteiger partial charge in [-0.25, -0.2) is 0 Å². The van der Waals surface area contributed by atoms with Crippen LogP contribution in [0.25, 0.3) is 254 Å². The van der Waals surface area contributed by atoms with E-state index in [0.717, 1.165) is 17.1 Å². The van der Waals surface area contributed by atoms with Crippen molar-refractivity contribution >= 4 is 131 Å². The molecular weight excluding hydrogens is 1740 g/mol. The molecule has 674 valence electrons. The highest BCUT2D eigenvalue weighted by atomic mass is 15.0. The second kappa shape index (κ2) is 35.7. The third-order valence-electron chi connectivity index (χ3n) is 29.1. The van der Waals surface area contributed by atoms with Crippen molar-refractivity contribution in [3.8, 4) is 123 Å². The Balaban J connectivity index is 0.000000108. The normalized spacial score (nSPS) is 11.6. The largest absolute Gasteiger partial charge is 0.309 e. The maximum atomic E-state index is 2.42. The molecule has 0 bridgehead atoms. The van der Waals surface area contributed by atoms with Crippen molar-refractivity contribution in [3.63, 3.8) is 0 Å². The molecule has 0 fully saturated rings. The van der Waals surface area contributed by atoms with Crippen molar-refractivity contribution in [1.82, 2.24) is 27.4 Å². The molecule has 144 heavy (non-hydrogen) atoms. The summed E-state index contributed by atoms with van der Waals surface area (Å²) < 4.78 is 14.4. The molecular formula is C138H92N6. The molecule has 23 aromatic carbocycles. The van der Waals surface area contributed by atoms with E-state index in [9.17, 15) is 0 Å². The minimum Gasteiger partial charge on any atom is -0.309 e. The number of nitrogens with zero attached hydrogens (tertiary/aromatic N) is 6. The highest BCUT2D eigenvalue weighted by Gasteiger charge is 2.24. The first-order valence-electron chi connectivity index (χ1n) is 49.5. The Labute approximate surface area is 833 Å². The molecule has 0 atom stereocenters. The van der Waals surface area contributed by atoms with Crippen LogP contribution in [0, 0.1) is 0 Å². The van der Waals surface area contributed by atoms with Crippen LogP contribution in [0.15, 0.2) is 558 Å². The van der Waals surface area contributed by atoms with E-state index in [1.54, 1.807) is 0 Å². The van der Waals surface area contributed by atoms with Crippen LogP contribution in [0.2, 0.25) is 0 Å². The molecule has 29 aromatic rings. The number of fused-ring (bicyclic) bond motifs is 18. The molecule has 0 aliphatic rings. The summed E-state index contributed by atoms with van der Waals surface area (Å²) in [5.41, 5.74) is 41.0. The minimum atomic E-state index is 1.15. The molecule has 0 unspecified atom stereocenters. The molecule has 0 amide bonds. The van der Waals surface area contributed by atoms with Gasteiger partial charge in [0, 0.05) is 98.8 Å². The first-order valence-corrected chi connectivity index (χ1v) is 49.5. The van der Waals surface area contributed by atoms with Crippen LogP contribution in [0.1, 0.15) is 0 Å². The Bertz CT molecular complexity index is 9950. The third kappa shape index (κ3) is 14.8. The van der Waals surface area contributed by atoms with Gasteiger partial charge in [-0.15, -0.1) is 0 Å². The van der Waals surface area contributed by atoms with Gasteiger partial charge in [0.05, 0.1) is 66.2 Å². The van der Waals surface area contributed by atoms with Crippen molar-refractivity contribution in [2.45, 2.75) is 0 Å². The fourth-order valence-corrected chi connectivity index (χ4v) is 22.4. The summed E-state index contributed by atoms with van der Waals surface area (Å²) >= 11 is 0. The quantitative estimate of drug-likeness (QED) is 0.104. The van der Waals surface area contributed by atoms with E-state index in [0.29, 0.717) is 0 Å². The number of aromatic nitrogens is 6. The van der Waals surface area contributed by atoms with Gasteiger partial charge < -0.3 is 27.4 Å². The van der Waals surface area contributed by atoms with Gasteiger partial charge in [0.25, 0.3) is 0 Å². The number of para-hydroxylation sites is 7. The van der Waals surface area contributed by atoms with Crippen LogP contribution in [-0.4, -0.2) is 27.4 Å². The molecule has 0 aliphatic heterocycles. The zero-order valence-corrected chi connectivity index (χ0v) is 78.8. The van der Waals surface area contributed by atoms with Crippen LogP contribution in [-0.2, 0) is 0 Å². The van der Waals surface area contributed by atoms with Crippen molar-refractivity contribution in [1.29, 1.82) is 0 Å². The number of benzene rings is 23. The molecule has 0 aliphatic carbocycles. The van der Waals surface area contributed by atoms with Gasteiger partial charge in [-0.1, -0.05) is 370 Å². The summed E-state index contributed by atoms with van der Waals surface area (Å²) in [6.07, 6.45) is 0. The van der Waals surface area contributed by atoms with Gasteiger partial charge in [-0.2, -0.15) is 0 Å². The van der Waals surface area contributed by atoms with Crippen LogP contribution < -0.4 is 0 Å². The van der Waals surface area contributed by atoms with Gasteiger partial charge in [-0.3, -0.25) is 0 Å². The highest BCUT2D eigenvalue weighted by molar-refractivity contribution is 6.18. The van der Waals surface area contributed by atoms with Gasteiger partial charge in [0.2, 0.25) is 0 Å². The fraction of sp³-hybridized carbons (Fsp3) is 0. The van der Waals surface area contributed by atoms with Crippen molar-refractivity contribution in [3.05, 3.63) is 558 Å². The summed E-state index contributed by atoms with van der Waals surface area (Å²) in [5.74, 6) is 0. The Morgan fingerprint density at radius 3 is 0.521 bits per heavy atom. The van der Waals surface area contributed by atoms with E-state index in [1.165, 1.54) is 237 Å². The van der Waals surface area contributed by atoms with E-state index < -0.39 is 0 Å². The molecule has 6 heteroatoms. The Hall–Kier alpha value is -19.1. The van der Waals surface area contributed by atoms with Gasteiger partial charge in [0.15, 0.2) is 0 Å². The van der Waals surface area contributed by atoms with E-state index in [1.807, 2.05) is 0 Å². The summed E-state index contributed by atoms with van der Waals surface area (Å²) in [6.45, 7) is 0. The molecule has 0 saturated heterocycles. The van der Waals surface area contributed by atoms with Crippen LogP contribution in [0.4, 0.5) is 0 Å². The van der Waals surface area contributed by atoms with Gasteiger partial charge in [-0.05, 0) is 277 Å². The second-order valence-corrected chi connectivity index (χ2v) is 37.4. The first-order chi connectivity index (χ1) is 71.4. The molecule has 6 aromatic heterocycles. The molecule has 0 spiro atoms. The molecule has 29 rings (SSSR count). The fourth-order valence-electron chi connectivity index (χ4n) is 22.4. The molecule has 0 N–H and O–H groups in total. The zero-order chi connectivity index (χ0) is 95.1. The van der Waals surface area contributed by atoms with E-state index in [4.69, 9.17) is 0 Å². The number of rotatable bonds is 14. The summed E-state index contributed by atoms with van der Waals surface area (Å²) in [4.78, 5) is 0. The predicted octanol–water partition coefficient (Wildman–Crippen LogP) is 37.0. The topological polar surface area (TPSA) is 29.6 Å². The SMILES string of the molecule is c1ccc(-c2ccc(-n3c4ccc(-c5ccc6c(c5)c5ccccc5n6-c5ccccc5)cc4c4ccc(-c5ccccc5)cc43)cc2)cc1.c1ccc(-c2ccc3c(c2)c2cc(-c4ccc5c(c4)c4ccccc4n5-c4ccccc4)ccc2n3-c2ccccc2)cc1.c1ccc(-c2cccc(-n3c4ccccc4c4cc(-c5ccc6c(c5)c5ccc(-c7ccccc7)cc5n6-c5ccccc5)ccc43)c2)cc1. The lowest BCUT2D eigenvalue weighted by molar-refractivity contribution is 1.18. The van der Waals surface area contributed by atoms with Crippen LogP contribution >= 0.6 is 0 Å². The lowest BCUT2D eigenvalue weighted by atomic mass is 9.99. The smallest absolute Gasteiger partial charge is 0.0547 e. The standard InChI is InChI=1S/2C48H32N2.C42H28N2/c1-4-13-33(14-5-1)35-17-12-20-40(29-35)50-45-22-11-10-21-41(45)43-30-36(25-28-47(43)50)37-24-27-46-44(31-37)42-26-23-38(34-15-6-2-7-16-34)32-48(42)49(46)39-18-8-3-9-19-39;1-4-12-33(13-5-1)35-20-25-40(26-21-35)50-47-29-24-37(31-44(47)42-27-22-38(32-48(42)50)34-14-6-2-7-15-34)36-23-28-46-43(30-36)41-18-10-11-19-45(41)49(46)39-16-8-3-9-17-39;1-4-12-29(13-5-1)30-20-23-41-37(26-30)38-28-32(22-25-42(38)44(41)34-16-8-3-9-17-34)31-21-24-40-36(27-31)35-18-10-11-19-39(35)43(40)33-14-6-2-7-15-33/h2*1-32H;1-28H. The third-order valence-corrected chi connectivity index (χ3v) is 29.1.